The first-order chi connectivity index (χ1) is 4.61. The molecule has 2 radical (unpaired) electrons. The van der Waals surface area contributed by atoms with E-state index in [-0.39, 0.29) is 0 Å². The van der Waals surface area contributed by atoms with Gasteiger partial charge in [-0.3, -0.25) is 0 Å². The van der Waals surface area contributed by atoms with Crippen molar-refractivity contribution in [3.8, 4) is 0 Å². The molecule has 52 valence electrons. The second-order valence-corrected chi connectivity index (χ2v) is 3.69. The van der Waals surface area contributed by atoms with E-state index in [0.29, 0.717) is 0 Å². The van der Waals surface area contributed by atoms with E-state index in [4.69, 9.17) is 0 Å². The van der Waals surface area contributed by atoms with Crippen molar-refractivity contribution in [2.24, 2.45) is 0 Å². The Balaban J connectivity index is 3.31. The SMILES string of the molecule is Cc1cc(C)c([As])c(C)c1. The molecule has 0 saturated heterocycles. The molecule has 0 fully saturated rings. The molecule has 1 rings (SSSR count). The normalized spacial score (nSPS) is 10.0. The van der Waals surface area contributed by atoms with Crippen molar-refractivity contribution in [2.45, 2.75) is 20.8 Å². The van der Waals surface area contributed by atoms with Crippen molar-refractivity contribution >= 4 is 21.2 Å². The fraction of sp³-hybridized carbons (Fsp3) is 0.333. The van der Waals surface area contributed by atoms with E-state index in [9.17, 15) is 0 Å². The zero-order valence-corrected chi connectivity index (χ0v) is 8.48. The summed E-state index contributed by atoms with van der Waals surface area (Å²) >= 11 is 2.62. The van der Waals surface area contributed by atoms with Crippen molar-refractivity contribution < 1.29 is 0 Å². The van der Waals surface area contributed by atoms with Crippen molar-refractivity contribution in [3.63, 3.8) is 0 Å². The van der Waals surface area contributed by atoms with E-state index < -0.39 is 0 Å². The van der Waals surface area contributed by atoms with Crippen LogP contribution in [0.15, 0.2) is 12.1 Å². The Bertz CT molecular complexity index is 228. The number of benzene rings is 1. The van der Waals surface area contributed by atoms with E-state index >= 15 is 0 Å². The molecular weight excluding hydrogens is 183 g/mol. The van der Waals surface area contributed by atoms with Crippen molar-refractivity contribution in [1.82, 2.24) is 0 Å². The van der Waals surface area contributed by atoms with Crippen LogP contribution in [0.1, 0.15) is 16.7 Å². The topological polar surface area (TPSA) is 0 Å². The van der Waals surface area contributed by atoms with Gasteiger partial charge in [-0.05, 0) is 0 Å². The van der Waals surface area contributed by atoms with Gasteiger partial charge in [-0.25, -0.2) is 0 Å². The number of hydrogen-bond acceptors (Lipinski definition) is 0. The van der Waals surface area contributed by atoms with Gasteiger partial charge in [0, 0.05) is 0 Å². The number of aryl methyl sites for hydroxylation is 3. The molecule has 0 spiro atoms. The van der Waals surface area contributed by atoms with E-state index in [1.54, 1.807) is 0 Å². The van der Waals surface area contributed by atoms with Crippen LogP contribution in [0.2, 0.25) is 0 Å². The molecule has 0 N–H and O–H groups in total. The van der Waals surface area contributed by atoms with Crippen LogP contribution >= 0.6 is 0 Å². The van der Waals surface area contributed by atoms with Gasteiger partial charge in [0.1, 0.15) is 0 Å². The maximum absolute atomic E-state index is 2.62. The third-order valence-electron chi connectivity index (χ3n) is 1.64. The van der Waals surface area contributed by atoms with E-state index in [1.165, 1.54) is 21.0 Å². The van der Waals surface area contributed by atoms with Crippen LogP contribution in [0.4, 0.5) is 0 Å². The van der Waals surface area contributed by atoms with E-state index in [2.05, 4.69) is 49.8 Å². The van der Waals surface area contributed by atoms with Crippen molar-refractivity contribution in [1.29, 1.82) is 0 Å². The molecule has 1 aromatic rings. The summed E-state index contributed by atoms with van der Waals surface area (Å²) in [6, 6.07) is 4.42. The van der Waals surface area contributed by atoms with Gasteiger partial charge in [-0.1, -0.05) is 0 Å². The fourth-order valence-corrected chi connectivity index (χ4v) is 1.44. The van der Waals surface area contributed by atoms with Gasteiger partial charge in [-0.15, -0.1) is 0 Å². The summed E-state index contributed by atoms with van der Waals surface area (Å²) in [5.74, 6) is 0. The molecule has 0 amide bonds. The average Bonchev–Trinajstić information content (AvgIpc) is 1.82. The summed E-state index contributed by atoms with van der Waals surface area (Å²) in [6.07, 6.45) is 0. The van der Waals surface area contributed by atoms with Crippen LogP contribution in [0.5, 0.6) is 0 Å². The molecule has 0 heterocycles. The summed E-state index contributed by atoms with van der Waals surface area (Å²) in [5, 5.41) is 0. The first-order valence-electron chi connectivity index (χ1n) is 3.38. The Morgan fingerprint density at radius 1 is 1.00 bits per heavy atom. The molecule has 0 aliphatic carbocycles. The molecule has 1 aromatic carbocycles. The predicted molar refractivity (Wildman–Crippen MR) is 46.0 cm³/mol. The Hall–Kier alpha value is -0.222. The van der Waals surface area contributed by atoms with Gasteiger partial charge in [0.25, 0.3) is 0 Å². The average molecular weight is 194 g/mol. The molecule has 0 bridgehead atoms. The first kappa shape index (κ1) is 7.88. The van der Waals surface area contributed by atoms with Crippen LogP contribution in [0, 0.1) is 20.8 Å². The Kier molecular flexibility index (Phi) is 2.20. The minimum atomic E-state index is 1.35. The number of hydrogen-bond donors (Lipinski definition) is 0. The fourth-order valence-electron chi connectivity index (χ4n) is 1.17. The van der Waals surface area contributed by atoms with Crippen LogP contribution in [0.25, 0.3) is 0 Å². The zero-order chi connectivity index (χ0) is 7.72. The van der Waals surface area contributed by atoms with E-state index in [1.807, 2.05) is 0 Å². The molecule has 0 atom stereocenters. The van der Waals surface area contributed by atoms with Crippen LogP contribution < -0.4 is 4.35 Å². The van der Waals surface area contributed by atoms with Crippen molar-refractivity contribution in [3.05, 3.63) is 28.8 Å². The summed E-state index contributed by atoms with van der Waals surface area (Å²) in [4.78, 5) is 0. The van der Waals surface area contributed by atoms with Gasteiger partial charge in [0.15, 0.2) is 0 Å². The second-order valence-electron chi connectivity index (χ2n) is 2.75. The van der Waals surface area contributed by atoms with Crippen LogP contribution in [-0.4, -0.2) is 16.9 Å². The maximum atomic E-state index is 2.62. The molecule has 0 aliphatic heterocycles. The summed E-state index contributed by atoms with van der Waals surface area (Å²) in [6.45, 7) is 6.42. The van der Waals surface area contributed by atoms with Gasteiger partial charge >= 0.3 is 70.8 Å². The second kappa shape index (κ2) is 2.80. The summed E-state index contributed by atoms with van der Waals surface area (Å²) in [7, 11) is 0. The first-order valence-corrected chi connectivity index (χ1v) is 4.32. The van der Waals surface area contributed by atoms with Gasteiger partial charge in [-0.2, -0.15) is 0 Å². The quantitative estimate of drug-likeness (QED) is 0.548. The van der Waals surface area contributed by atoms with E-state index in [0.717, 1.165) is 0 Å². The summed E-state index contributed by atoms with van der Waals surface area (Å²) < 4.78 is 1.36. The molecule has 0 nitrogen and oxygen atoms in total. The molecular formula is C9H11As. The van der Waals surface area contributed by atoms with Gasteiger partial charge in [0.2, 0.25) is 0 Å². The van der Waals surface area contributed by atoms with Gasteiger partial charge in [0.05, 0.1) is 0 Å². The molecule has 0 aromatic heterocycles. The number of rotatable bonds is 0. The molecule has 10 heavy (non-hydrogen) atoms. The summed E-state index contributed by atoms with van der Waals surface area (Å²) in [5.41, 5.74) is 4.10. The Morgan fingerprint density at radius 2 is 1.40 bits per heavy atom. The van der Waals surface area contributed by atoms with Crippen LogP contribution in [-0.2, 0) is 0 Å². The third kappa shape index (κ3) is 1.44. The van der Waals surface area contributed by atoms with Crippen molar-refractivity contribution in [2.75, 3.05) is 0 Å². The predicted octanol–water partition coefficient (Wildman–Crippen LogP) is 1.41. The molecule has 0 saturated carbocycles. The Morgan fingerprint density at radius 3 is 1.80 bits per heavy atom. The minimum absolute atomic E-state index is 1.35. The third-order valence-corrected chi connectivity index (χ3v) is 3.12. The molecule has 0 unspecified atom stereocenters. The zero-order valence-electron chi connectivity index (χ0n) is 6.60. The Labute approximate surface area is 71.1 Å². The van der Waals surface area contributed by atoms with Crippen LogP contribution in [0.3, 0.4) is 0 Å². The molecule has 0 aliphatic rings. The van der Waals surface area contributed by atoms with Gasteiger partial charge < -0.3 is 0 Å². The standard InChI is InChI=1S/C9H11As/c1-6-4-7(2)9(10)8(3)5-6/h4-5H,1-3H3. The monoisotopic (exact) mass is 194 g/mol. The molecule has 1 heteroatoms.